The van der Waals surface area contributed by atoms with Crippen LogP contribution < -0.4 is 4.72 Å². The maximum absolute atomic E-state index is 12.0. The molecule has 0 aromatic heterocycles. The molecule has 0 spiro atoms. The zero-order chi connectivity index (χ0) is 11.5. The van der Waals surface area contributed by atoms with Crippen LogP contribution in [-0.2, 0) is 10.2 Å². The lowest BCUT2D eigenvalue weighted by Gasteiger charge is -2.33. The first kappa shape index (κ1) is 12.9. The van der Waals surface area contributed by atoms with Crippen LogP contribution in [0, 0.1) is 0 Å². The van der Waals surface area contributed by atoms with E-state index in [0.717, 1.165) is 25.7 Å². The molecule has 4 nitrogen and oxygen atoms in total. The molecule has 0 saturated carbocycles. The van der Waals surface area contributed by atoms with Crippen molar-refractivity contribution in [2.24, 2.45) is 0 Å². The molecule has 0 bridgehead atoms. The average molecular weight is 234 g/mol. The van der Waals surface area contributed by atoms with Gasteiger partial charge in [0.1, 0.15) is 0 Å². The van der Waals surface area contributed by atoms with Gasteiger partial charge in [-0.25, -0.2) is 0 Å². The van der Waals surface area contributed by atoms with Crippen molar-refractivity contribution in [3.63, 3.8) is 0 Å². The number of hydrogen-bond donors (Lipinski definition) is 1. The van der Waals surface area contributed by atoms with Gasteiger partial charge in [0.05, 0.1) is 0 Å². The van der Waals surface area contributed by atoms with Gasteiger partial charge in [0.25, 0.3) is 10.2 Å². The van der Waals surface area contributed by atoms with Crippen molar-refractivity contribution >= 4 is 10.2 Å². The van der Waals surface area contributed by atoms with Crippen LogP contribution in [0.4, 0.5) is 0 Å². The Balaban J connectivity index is 2.67. The van der Waals surface area contributed by atoms with Crippen molar-refractivity contribution in [2.45, 2.75) is 58.5 Å². The third kappa shape index (κ3) is 3.43. The average Bonchev–Trinajstić information content (AvgIpc) is 2.17. The molecule has 1 N–H and O–H groups in total. The molecule has 1 fully saturated rings. The molecule has 0 amide bonds. The zero-order valence-corrected chi connectivity index (χ0v) is 10.7. The molecule has 1 saturated heterocycles. The largest absolute Gasteiger partial charge is 0.279 e. The Bertz CT molecular complexity index is 290. The topological polar surface area (TPSA) is 49.4 Å². The van der Waals surface area contributed by atoms with Crippen LogP contribution in [0.15, 0.2) is 0 Å². The first-order valence-electron chi connectivity index (χ1n) is 5.76. The molecule has 0 aromatic rings. The lowest BCUT2D eigenvalue weighted by Crippen LogP contribution is -2.49. The van der Waals surface area contributed by atoms with Gasteiger partial charge < -0.3 is 0 Å². The van der Waals surface area contributed by atoms with Crippen molar-refractivity contribution in [3.8, 4) is 0 Å². The summed E-state index contributed by atoms with van der Waals surface area (Å²) in [5, 5.41) is 0. The van der Waals surface area contributed by atoms with Gasteiger partial charge in [-0.2, -0.15) is 17.4 Å². The molecular formula is C10H22N2O2S. The molecule has 90 valence electrons. The molecule has 0 aromatic carbocycles. The predicted octanol–water partition coefficient (Wildman–Crippen LogP) is 1.49. The Labute approximate surface area is 93.2 Å². The van der Waals surface area contributed by atoms with E-state index in [1.165, 1.54) is 0 Å². The number of nitrogens with one attached hydrogen (secondary N) is 1. The van der Waals surface area contributed by atoms with Crippen molar-refractivity contribution < 1.29 is 8.42 Å². The summed E-state index contributed by atoms with van der Waals surface area (Å²) in [7, 11) is -3.26. The van der Waals surface area contributed by atoms with Crippen LogP contribution >= 0.6 is 0 Å². The monoisotopic (exact) mass is 234 g/mol. The number of rotatable bonds is 4. The van der Waals surface area contributed by atoms with Gasteiger partial charge >= 0.3 is 0 Å². The van der Waals surface area contributed by atoms with Crippen LogP contribution in [0.25, 0.3) is 0 Å². The third-order valence-electron chi connectivity index (χ3n) is 3.01. The van der Waals surface area contributed by atoms with Gasteiger partial charge in [0.15, 0.2) is 0 Å². The van der Waals surface area contributed by atoms with E-state index >= 15 is 0 Å². The van der Waals surface area contributed by atoms with E-state index in [9.17, 15) is 8.42 Å². The first-order valence-corrected chi connectivity index (χ1v) is 7.20. The molecule has 0 aliphatic carbocycles. The standard InChI is InChI=1S/C10H22N2O2S/c1-4-9(2)11-15(13,14)12-8-6-5-7-10(12)3/h9-11H,4-8H2,1-3H3/t9-,10+/m0/s1. The van der Waals surface area contributed by atoms with Gasteiger partial charge in [0.2, 0.25) is 0 Å². The number of hydrogen-bond acceptors (Lipinski definition) is 2. The first-order chi connectivity index (χ1) is 6.97. The third-order valence-corrected chi connectivity index (χ3v) is 4.87. The fourth-order valence-electron chi connectivity index (χ4n) is 1.83. The lowest BCUT2D eigenvalue weighted by molar-refractivity contribution is 0.264. The summed E-state index contributed by atoms with van der Waals surface area (Å²) >= 11 is 0. The van der Waals surface area contributed by atoms with Crippen molar-refractivity contribution in [2.75, 3.05) is 6.54 Å². The summed E-state index contributed by atoms with van der Waals surface area (Å²) in [4.78, 5) is 0. The molecule has 1 aliphatic rings. The van der Waals surface area contributed by atoms with E-state index in [0.29, 0.717) is 6.54 Å². The highest BCUT2D eigenvalue weighted by Crippen LogP contribution is 2.19. The van der Waals surface area contributed by atoms with Gasteiger partial charge in [-0.15, -0.1) is 0 Å². The SMILES string of the molecule is CC[C@H](C)NS(=O)(=O)N1CCCC[C@H]1C. The summed E-state index contributed by atoms with van der Waals surface area (Å²) in [6, 6.07) is 0.157. The second-order valence-corrected chi connectivity index (χ2v) is 6.04. The smallest absolute Gasteiger partial charge is 0.199 e. The second-order valence-electron chi connectivity index (χ2n) is 4.39. The van der Waals surface area contributed by atoms with E-state index < -0.39 is 10.2 Å². The fraction of sp³-hybridized carbons (Fsp3) is 1.00. The predicted molar refractivity (Wildman–Crippen MR) is 61.8 cm³/mol. The zero-order valence-electron chi connectivity index (χ0n) is 9.86. The van der Waals surface area contributed by atoms with Crippen LogP contribution in [0.5, 0.6) is 0 Å². The van der Waals surface area contributed by atoms with Gasteiger partial charge in [0, 0.05) is 18.6 Å². The molecule has 0 radical (unpaired) electrons. The highest BCUT2D eigenvalue weighted by molar-refractivity contribution is 7.87. The Morgan fingerprint density at radius 3 is 2.67 bits per heavy atom. The van der Waals surface area contributed by atoms with E-state index in [2.05, 4.69) is 4.72 Å². The van der Waals surface area contributed by atoms with E-state index in [4.69, 9.17) is 0 Å². The molecule has 5 heteroatoms. The van der Waals surface area contributed by atoms with Gasteiger partial charge in [-0.1, -0.05) is 13.3 Å². The summed E-state index contributed by atoms with van der Waals surface area (Å²) < 4.78 is 28.3. The summed E-state index contributed by atoms with van der Waals surface area (Å²) in [6.45, 7) is 6.51. The van der Waals surface area contributed by atoms with Crippen LogP contribution in [-0.4, -0.2) is 31.4 Å². The minimum atomic E-state index is -3.26. The van der Waals surface area contributed by atoms with Gasteiger partial charge in [-0.05, 0) is 33.1 Å². The Morgan fingerprint density at radius 1 is 1.47 bits per heavy atom. The Kier molecular flexibility index (Phi) is 4.55. The normalized spacial score (nSPS) is 26.5. The minimum Gasteiger partial charge on any atom is -0.199 e. The molecule has 2 atom stereocenters. The summed E-state index contributed by atoms with van der Waals surface area (Å²) in [5.74, 6) is 0. The second kappa shape index (κ2) is 5.27. The molecule has 15 heavy (non-hydrogen) atoms. The summed E-state index contributed by atoms with van der Waals surface area (Å²) in [5.41, 5.74) is 0. The van der Waals surface area contributed by atoms with Crippen LogP contribution in [0.3, 0.4) is 0 Å². The lowest BCUT2D eigenvalue weighted by atomic mass is 10.1. The molecule has 0 unspecified atom stereocenters. The van der Waals surface area contributed by atoms with Gasteiger partial charge in [-0.3, -0.25) is 0 Å². The van der Waals surface area contributed by atoms with E-state index in [1.54, 1.807) is 4.31 Å². The maximum atomic E-state index is 12.0. The maximum Gasteiger partial charge on any atom is 0.279 e. The Morgan fingerprint density at radius 2 is 2.13 bits per heavy atom. The van der Waals surface area contributed by atoms with Crippen molar-refractivity contribution in [3.05, 3.63) is 0 Å². The van der Waals surface area contributed by atoms with Crippen LogP contribution in [0.2, 0.25) is 0 Å². The van der Waals surface area contributed by atoms with Crippen LogP contribution in [0.1, 0.15) is 46.5 Å². The Hall–Kier alpha value is -0.130. The van der Waals surface area contributed by atoms with Crippen molar-refractivity contribution in [1.82, 2.24) is 9.03 Å². The highest BCUT2D eigenvalue weighted by Gasteiger charge is 2.29. The summed E-state index contributed by atoms with van der Waals surface area (Å²) in [6.07, 6.45) is 3.91. The van der Waals surface area contributed by atoms with Crippen molar-refractivity contribution in [1.29, 1.82) is 0 Å². The number of piperidine rings is 1. The molecule has 1 aliphatic heterocycles. The number of nitrogens with zero attached hydrogens (tertiary/aromatic N) is 1. The fourth-order valence-corrected chi connectivity index (χ4v) is 3.59. The quantitative estimate of drug-likeness (QED) is 0.801. The molecular weight excluding hydrogens is 212 g/mol. The van der Waals surface area contributed by atoms with E-state index in [1.807, 2.05) is 20.8 Å². The highest BCUT2D eigenvalue weighted by atomic mass is 32.2. The molecule has 1 rings (SSSR count). The van der Waals surface area contributed by atoms with E-state index in [-0.39, 0.29) is 12.1 Å². The minimum absolute atomic E-state index is 0.0177. The molecule has 1 heterocycles.